The number of benzene rings is 2. The third-order valence-electron chi connectivity index (χ3n) is 4.32. The SMILES string of the molecule is O=C1c2cc3c(cc2C(c2ccc(Br)cc2)C1P(=O)(O)O)OCO3. The van der Waals surface area contributed by atoms with Gasteiger partial charge in [0.2, 0.25) is 6.79 Å². The Morgan fingerprint density at radius 1 is 1.08 bits per heavy atom. The molecule has 1 aliphatic heterocycles. The molecule has 124 valence electrons. The van der Waals surface area contributed by atoms with Crippen LogP contribution in [0.1, 0.15) is 27.4 Å². The quantitative estimate of drug-likeness (QED) is 0.739. The van der Waals surface area contributed by atoms with E-state index in [1.165, 1.54) is 6.07 Å². The molecule has 2 aromatic carbocycles. The Bertz CT molecular complexity index is 888. The molecule has 0 saturated carbocycles. The average Bonchev–Trinajstić information content (AvgIpc) is 3.08. The van der Waals surface area contributed by atoms with Crippen LogP contribution >= 0.6 is 23.5 Å². The minimum absolute atomic E-state index is 0.0668. The van der Waals surface area contributed by atoms with Crippen LogP contribution in [0.15, 0.2) is 40.9 Å². The van der Waals surface area contributed by atoms with Gasteiger partial charge in [-0.1, -0.05) is 28.1 Å². The molecule has 0 spiro atoms. The third-order valence-corrected chi connectivity index (χ3v) is 6.11. The number of ketones is 1. The second kappa shape index (κ2) is 5.43. The Morgan fingerprint density at radius 3 is 2.33 bits per heavy atom. The first-order valence-corrected chi connectivity index (χ1v) is 9.62. The highest BCUT2D eigenvalue weighted by molar-refractivity contribution is 9.10. The fourth-order valence-electron chi connectivity index (χ4n) is 3.29. The van der Waals surface area contributed by atoms with Gasteiger partial charge in [-0.05, 0) is 35.4 Å². The molecule has 8 heteroatoms. The van der Waals surface area contributed by atoms with E-state index >= 15 is 0 Å². The normalized spacial score (nSPS) is 21.9. The van der Waals surface area contributed by atoms with Gasteiger partial charge in [-0.25, -0.2) is 0 Å². The van der Waals surface area contributed by atoms with Crippen molar-refractivity contribution in [1.82, 2.24) is 0 Å². The summed E-state index contributed by atoms with van der Waals surface area (Å²) in [6, 6.07) is 10.2. The number of rotatable bonds is 2. The summed E-state index contributed by atoms with van der Waals surface area (Å²) in [5.41, 5.74) is 0.0640. The summed E-state index contributed by atoms with van der Waals surface area (Å²) in [4.78, 5) is 32.2. The van der Waals surface area contributed by atoms with Gasteiger partial charge in [-0.2, -0.15) is 0 Å². The van der Waals surface area contributed by atoms with Crippen molar-refractivity contribution in [2.24, 2.45) is 0 Å². The van der Waals surface area contributed by atoms with E-state index in [-0.39, 0.29) is 12.4 Å². The molecular weight excluding hydrogens is 399 g/mol. The first kappa shape index (κ1) is 15.8. The summed E-state index contributed by atoms with van der Waals surface area (Å²) >= 11 is 3.34. The molecule has 4 rings (SSSR count). The topological polar surface area (TPSA) is 93.1 Å². The monoisotopic (exact) mass is 410 g/mol. The van der Waals surface area contributed by atoms with Crippen molar-refractivity contribution in [3.8, 4) is 11.5 Å². The van der Waals surface area contributed by atoms with Gasteiger partial charge >= 0.3 is 7.60 Å². The lowest BCUT2D eigenvalue weighted by Gasteiger charge is -2.21. The van der Waals surface area contributed by atoms with E-state index in [2.05, 4.69) is 15.9 Å². The first-order valence-electron chi connectivity index (χ1n) is 7.14. The predicted molar refractivity (Wildman–Crippen MR) is 88.7 cm³/mol. The molecular formula is C16H12BrO6P. The average molecular weight is 411 g/mol. The summed E-state index contributed by atoms with van der Waals surface area (Å²) in [5, 5.41) is 0. The van der Waals surface area contributed by atoms with Crippen LogP contribution in [0.25, 0.3) is 0 Å². The lowest BCUT2D eigenvalue weighted by Crippen LogP contribution is -2.21. The van der Waals surface area contributed by atoms with E-state index in [4.69, 9.17) is 9.47 Å². The van der Waals surface area contributed by atoms with E-state index in [1.807, 2.05) is 0 Å². The Balaban J connectivity index is 1.93. The third kappa shape index (κ3) is 2.40. The van der Waals surface area contributed by atoms with E-state index in [9.17, 15) is 19.1 Å². The largest absolute Gasteiger partial charge is 0.454 e. The number of hydrogen-bond donors (Lipinski definition) is 2. The standard InChI is InChI=1S/C16H12BrO6P/c17-9-3-1-8(2-4-9)14-10-5-12-13(23-7-22-12)6-11(10)15(18)16(14)24(19,20)21/h1-6,14,16H,7H2,(H2,19,20,21). The lowest BCUT2D eigenvalue weighted by molar-refractivity contribution is 0.0986. The fraction of sp³-hybridized carbons (Fsp3) is 0.188. The van der Waals surface area contributed by atoms with E-state index < -0.39 is 25.0 Å². The van der Waals surface area contributed by atoms with Crippen molar-refractivity contribution in [3.63, 3.8) is 0 Å². The molecule has 2 aliphatic rings. The highest BCUT2D eigenvalue weighted by Crippen LogP contribution is 2.57. The van der Waals surface area contributed by atoms with Gasteiger partial charge in [0.15, 0.2) is 17.3 Å². The molecule has 24 heavy (non-hydrogen) atoms. The van der Waals surface area contributed by atoms with Crippen LogP contribution in [-0.4, -0.2) is 28.0 Å². The van der Waals surface area contributed by atoms with Gasteiger partial charge in [0.25, 0.3) is 0 Å². The van der Waals surface area contributed by atoms with E-state index in [0.29, 0.717) is 22.6 Å². The summed E-state index contributed by atoms with van der Waals surface area (Å²) in [6.07, 6.45) is 0. The van der Waals surface area contributed by atoms with Crippen LogP contribution < -0.4 is 9.47 Å². The van der Waals surface area contributed by atoms with Crippen molar-refractivity contribution in [2.75, 3.05) is 6.79 Å². The fourth-order valence-corrected chi connectivity index (χ4v) is 4.72. The molecule has 2 atom stereocenters. The Morgan fingerprint density at radius 2 is 1.71 bits per heavy atom. The van der Waals surface area contributed by atoms with Crippen molar-refractivity contribution in [1.29, 1.82) is 0 Å². The Hall–Kier alpha value is -1.66. The van der Waals surface area contributed by atoms with Gasteiger partial charge in [0, 0.05) is 16.0 Å². The molecule has 0 bridgehead atoms. The summed E-state index contributed by atoms with van der Waals surface area (Å²) in [7, 11) is -4.65. The second-order valence-corrected chi connectivity index (χ2v) is 8.37. The maximum Gasteiger partial charge on any atom is 0.337 e. The van der Waals surface area contributed by atoms with E-state index in [1.54, 1.807) is 30.3 Å². The van der Waals surface area contributed by atoms with Crippen LogP contribution in [-0.2, 0) is 4.57 Å². The molecule has 0 aromatic heterocycles. The number of Topliss-reactive ketones (excluding diaryl/α,β-unsaturated/α-hetero) is 1. The Labute approximate surface area is 145 Å². The first-order chi connectivity index (χ1) is 11.4. The van der Waals surface area contributed by atoms with Gasteiger partial charge in [-0.3, -0.25) is 9.36 Å². The number of halogens is 1. The second-order valence-electron chi connectivity index (χ2n) is 5.72. The molecule has 1 heterocycles. The van der Waals surface area contributed by atoms with Gasteiger partial charge in [0.1, 0.15) is 5.66 Å². The molecule has 0 amide bonds. The zero-order valence-corrected chi connectivity index (χ0v) is 14.7. The minimum atomic E-state index is -4.65. The minimum Gasteiger partial charge on any atom is -0.454 e. The van der Waals surface area contributed by atoms with Crippen molar-refractivity contribution >= 4 is 29.3 Å². The van der Waals surface area contributed by atoms with Gasteiger partial charge in [-0.15, -0.1) is 0 Å². The van der Waals surface area contributed by atoms with Crippen molar-refractivity contribution < 1.29 is 28.6 Å². The smallest absolute Gasteiger partial charge is 0.337 e. The molecule has 2 aromatic rings. The van der Waals surface area contributed by atoms with Crippen LogP contribution in [0.3, 0.4) is 0 Å². The molecule has 0 fully saturated rings. The van der Waals surface area contributed by atoms with E-state index in [0.717, 1.165) is 4.47 Å². The lowest BCUT2D eigenvalue weighted by atomic mass is 9.92. The molecule has 2 unspecified atom stereocenters. The summed E-state index contributed by atoms with van der Waals surface area (Å²) < 4.78 is 23.5. The molecule has 0 radical (unpaired) electrons. The molecule has 6 nitrogen and oxygen atoms in total. The van der Waals surface area contributed by atoms with Crippen LogP contribution in [0, 0.1) is 0 Å². The zero-order valence-electron chi connectivity index (χ0n) is 12.2. The van der Waals surface area contributed by atoms with Gasteiger partial charge < -0.3 is 19.3 Å². The van der Waals surface area contributed by atoms with Crippen LogP contribution in [0.2, 0.25) is 0 Å². The number of fused-ring (bicyclic) bond motifs is 2. The maximum absolute atomic E-state index is 12.7. The number of ether oxygens (including phenoxy) is 2. The molecule has 1 aliphatic carbocycles. The molecule has 0 saturated heterocycles. The highest BCUT2D eigenvalue weighted by Gasteiger charge is 2.50. The summed E-state index contributed by atoms with van der Waals surface area (Å²) in [6.45, 7) is 0.0668. The van der Waals surface area contributed by atoms with Crippen molar-refractivity contribution in [2.45, 2.75) is 11.6 Å². The highest BCUT2D eigenvalue weighted by atomic mass is 79.9. The van der Waals surface area contributed by atoms with Crippen LogP contribution in [0.5, 0.6) is 11.5 Å². The Kier molecular flexibility index (Phi) is 3.58. The maximum atomic E-state index is 12.7. The van der Waals surface area contributed by atoms with Gasteiger partial charge in [0.05, 0.1) is 0 Å². The molecule has 2 N–H and O–H groups in total. The number of carbonyl (C=O) groups excluding carboxylic acids is 1. The number of hydrogen-bond acceptors (Lipinski definition) is 4. The number of carbonyl (C=O) groups is 1. The summed E-state index contributed by atoms with van der Waals surface area (Å²) in [5.74, 6) is -0.390. The zero-order chi connectivity index (χ0) is 17.1. The van der Waals surface area contributed by atoms with Crippen LogP contribution in [0.4, 0.5) is 0 Å². The van der Waals surface area contributed by atoms with Crippen molar-refractivity contribution in [3.05, 3.63) is 57.6 Å². The predicted octanol–water partition coefficient (Wildman–Crippen LogP) is 3.05.